The van der Waals surface area contributed by atoms with Crippen molar-refractivity contribution in [3.8, 4) is 0 Å². The van der Waals surface area contributed by atoms with Crippen LogP contribution in [0.2, 0.25) is 0 Å². The van der Waals surface area contributed by atoms with Crippen LogP contribution in [-0.2, 0) is 0 Å². The van der Waals surface area contributed by atoms with E-state index in [2.05, 4.69) is 42.7 Å². The minimum absolute atomic E-state index is 1.17. The van der Waals surface area contributed by atoms with Gasteiger partial charge in [-0.05, 0) is 31.4 Å². The molecule has 1 heterocycles. The number of aryl methyl sites for hydroxylation is 1. The number of benzene rings is 1. The monoisotopic (exact) mass is 217 g/mol. The van der Waals surface area contributed by atoms with Gasteiger partial charge in [0, 0.05) is 18.8 Å². The second-order valence-electron chi connectivity index (χ2n) is 4.01. The summed E-state index contributed by atoms with van der Waals surface area (Å²) < 4.78 is 0. The van der Waals surface area contributed by atoms with Gasteiger partial charge in [0.2, 0.25) is 0 Å². The molecule has 1 aliphatic rings. The molecule has 1 saturated heterocycles. The summed E-state index contributed by atoms with van der Waals surface area (Å²) in [6, 6.07) is 8.58. The van der Waals surface area contributed by atoms with E-state index in [-0.39, 0.29) is 0 Å². The molecule has 0 unspecified atom stereocenters. The normalized spacial score (nSPS) is 14.3. The smallest absolute Gasteiger partial charge is 0.0366 e. The van der Waals surface area contributed by atoms with Gasteiger partial charge in [0.05, 0.1) is 0 Å². The summed E-state index contributed by atoms with van der Waals surface area (Å²) >= 11 is 0. The molecule has 0 aromatic heterocycles. The van der Waals surface area contributed by atoms with E-state index < -0.39 is 0 Å². The molecule has 1 nitrogen and oxygen atoms in total. The summed E-state index contributed by atoms with van der Waals surface area (Å²) in [6.45, 7) is 12.6. The molecule has 88 valence electrons. The van der Waals surface area contributed by atoms with Crippen LogP contribution < -0.4 is 0 Å². The zero-order valence-electron chi connectivity index (χ0n) is 10.8. The van der Waals surface area contributed by atoms with Crippen LogP contribution in [0.3, 0.4) is 0 Å². The Bertz CT molecular complexity index is 335. The molecule has 0 aliphatic carbocycles. The van der Waals surface area contributed by atoms with Crippen molar-refractivity contribution in [3.05, 3.63) is 42.0 Å². The fourth-order valence-corrected chi connectivity index (χ4v) is 1.99. The van der Waals surface area contributed by atoms with Crippen LogP contribution in [0.1, 0.15) is 37.8 Å². The Morgan fingerprint density at radius 3 is 2.38 bits per heavy atom. The van der Waals surface area contributed by atoms with E-state index in [0.29, 0.717) is 0 Å². The SMILES string of the molecule is C=C(c1cccc(C)c1)N1CCCC1.CC. The summed E-state index contributed by atoms with van der Waals surface area (Å²) in [7, 11) is 0. The molecule has 16 heavy (non-hydrogen) atoms. The largest absolute Gasteiger partial charge is 0.372 e. The van der Waals surface area contributed by atoms with E-state index in [1.54, 1.807) is 0 Å². The molecule has 0 bridgehead atoms. The Labute approximate surface area is 99.8 Å². The molecule has 1 aromatic carbocycles. The van der Waals surface area contributed by atoms with Crippen LogP contribution >= 0.6 is 0 Å². The molecule has 0 N–H and O–H groups in total. The standard InChI is InChI=1S/C13H17N.C2H6/c1-11-6-5-7-13(10-11)12(2)14-8-3-4-9-14;1-2/h5-7,10H,2-4,8-9H2,1H3;1-2H3. The third-order valence-electron chi connectivity index (χ3n) is 2.84. The Kier molecular flexibility index (Phi) is 5.10. The fraction of sp³-hybridized carbons (Fsp3) is 0.467. The highest BCUT2D eigenvalue weighted by atomic mass is 15.1. The van der Waals surface area contributed by atoms with Gasteiger partial charge in [0.15, 0.2) is 0 Å². The second-order valence-corrected chi connectivity index (χ2v) is 4.01. The molecule has 0 radical (unpaired) electrons. The van der Waals surface area contributed by atoms with E-state index in [4.69, 9.17) is 0 Å². The average Bonchev–Trinajstić information content (AvgIpc) is 2.84. The highest BCUT2D eigenvalue weighted by Gasteiger charge is 2.14. The molecule has 0 spiro atoms. The van der Waals surface area contributed by atoms with Gasteiger partial charge in [-0.2, -0.15) is 0 Å². The number of likely N-dealkylation sites (tertiary alicyclic amines) is 1. The quantitative estimate of drug-likeness (QED) is 0.721. The third kappa shape index (κ3) is 3.13. The van der Waals surface area contributed by atoms with Crippen molar-refractivity contribution in [2.24, 2.45) is 0 Å². The van der Waals surface area contributed by atoms with Crippen LogP contribution in [0.5, 0.6) is 0 Å². The van der Waals surface area contributed by atoms with Crippen LogP contribution in [-0.4, -0.2) is 18.0 Å². The first-order valence-corrected chi connectivity index (χ1v) is 6.28. The minimum Gasteiger partial charge on any atom is -0.372 e. The number of hydrogen-bond acceptors (Lipinski definition) is 1. The van der Waals surface area contributed by atoms with Gasteiger partial charge in [-0.25, -0.2) is 0 Å². The highest BCUT2D eigenvalue weighted by molar-refractivity contribution is 5.62. The Hall–Kier alpha value is -1.24. The van der Waals surface area contributed by atoms with Gasteiger partial charge in [0.1, 0.15) is 0 Å². The van der Waals surface area contributed by atoms with Gasteiger partial charge in [0.25, 0.3) is 0 Å². The Morgan fingerprint density at radius 2 is 1.81 bits per heavy atom. The highest BCUT2D eigenvalue weighted by Crippen LogP contribution is 2.22. The lowest BCUT2D eigenvalue weighted by molar-refractivity contribution is 0.494. The van der Waals surface area contributed by atoms with Crippen molar-refractivity contribution >= 4 is 5.70 Å². The lowest BCUT2D eigenvalue weighted by Crippen LogP contribution is -2.16. The van der Waals surface area contributed by atoms with Crippen molar-refractivity contribution in [1.29, 1.82) is 0 Å². The predicted octanol–water partition coefficient (Wildman–Crippen LogP) is 4.09. The van der Waals surface area contributed by atoms with Gasteiger partial charge >= 0.3 is 0 Å². The summed E-state index contributed by atoms with van der Waals surface area (Å²) in [5, 5.41) is 0. The first-order valence-electron chi connectivity index (χ1n) is 6.28. The van der Waals surface area contributed by atoms with Gasteiger partial charge < -0.3 is 4.90 Å². The van der Waals surface area contributed by atoms with Crippen molar-refractivity contribution in [2.45, 2.75) is 33.6 Å². The first kappa shape index (κ1) is 12.8. The van der Waals surface area contributed by atoms with Gasteiger partial charge in [-0.15, -0.1) is 0 Å². The maximum Gasteiger partial charge on any atom is 0.0366 e. The lowest BCUT2D eigenvalue weighted by atomic mass is 10.1. The van der Waals surface area contributed by atoms with Crippen molar-refractivity contribution < 1.29 is 0 Å². The summed E-state index contributed by atoms with van der Waals surface area (Å²) in [5.74, 6) is 0. The van der Waals surface area contributed by atoms with E-state index in [0.717, 1.165) is 0 Å². The molecule has 2 rings (SSSR count). The zero-order chi connectivity index (χ0) is 12.0. The molecule has 0 amide bonds. The maximum absolute atomic E-state index is 4.17. The number of hydrogen-bond donors (Lipinski definition) is 0. The zero-order valence-corrected chi connectivity index (χ0v) is 10.8. The van der Waals surface area contributed by atoms with Crippen molar-refractivity contribution in [2.75, 3.05) is 13.1 Å². The molecule has 0 atom stereocenters. The average molecular weight is 217 g/mol. The molecule has 0 saturated carbocycles. The Morgan fingerprint density at radius 1 is 1.19 bits per heavy atom. The lowest BCUT2D eigenvalue weighted by Gasteiger charge is -2.20. The molecule has 1 fully saturated rings. The maximum atomic E-state index is 4.17. The van der Waals surface area contributed by atoms with E-state index in [1.807, 2.05) is 13.8 Å². The van der Waals surface area contributed by atoms with Crippen LogP contribution in [0.15, 0.2) is 30.8 Å². The predicted molar refractivity (Wildman–Crippen MR) is 72.4 cm³/mol. The molecular weight excluding hydrogens is 194 g/mol. The van der Waals surface area contributed by atoms with Crippen LogP contribution in [0.25, 0.3) is 5.70 Å². The summed E-state index contributed by atoms with van der Waals surface area (Å²) in [4.78, 5) is 2.38. The minimum atomic E-state index is 1.17. The van der Waals surface area contributed by atoms with E-state index >= 15 is 0 Å². The van der Waals surface area contributed by atoms with Crippen LogP contribution in [0.4, 0.5) is 0 Å². The first-order chi connectivity index (χ1) is 7.77. The van der Waals surface area contributed by atoms with Crippen LogP contribution in [0, 0.1) is 6.92 Å². The molecule has 1 aliphatic heterocycles. The Balaban J connectivity index is 0.000000606. The third-order valence-corrected chi connectivity index (χ3v) is 2.84. The molecular formula is C15H23N. The molecule has 1 heteroatoms. The van der Waals surface area contributed by atoms with Crippen molar-refractivity contribution in [3.63, 3.8) is 0 Å². The van der Waals surface area contributed by atoms with E-state index in [1.165, 1.54) is 42.8 Å². The summed E-state index contributed by atoms with van der Waals surface area (Å²) in [6.07, 6.45) is 2.62. The number of nitrogens with zero attached hydrogens (tertiary/aromatic N) is 1. The van der Waals surface area contributed by atoms with Gasteiger partial charge in [-0.3, -0.25) is 0 Å². The van der Waals surface area contributed by atoms with Gasteiger partial charge in [-0.1, -0.05) is 44.2 Å². The van der Waals surface area contributed by atoms with Crippen molar-refractivity contribution in [1.82, 2.24) is 4.90 Å². The van der Waals surface area contributed by atoms with E-state index in [9.17, 15) is 0 Å². The molecule has 1 aromatic rings. The second kappa shape index (κ2) is 6.37. The number of rotatable bonds is 2. The summed E-state index contributed by atoms with van der Waals surface area (Å²) in [5.41, 5.74) is 3.76. The topological polar surface area (TPSA) is 3.24 Å². The fourth-order valence-electron chi connectivity index (χ4n) is 1.99.